The third-order valence-corrected chi connectivity index (χ3v) is 3.15. The molecule has 6 heteroatoms. The highest BCUT2D eigenvalue weighted by molar-refractivity contribution is 5.68. The summed E-state index contributed by atoms with van der Waals surface area (Å²) in [6, 6.07) is 4.90. The molecule has 1 aromatic rings. The first-order valence-corrected chi connectivity index (χ1v) is 6.45. The average molecular weight is 266 g/mol. The lowest BCUT2D eigenvalue weighted by Gasteiger charge is -2.13. The fourth-order valence-corrected chi connectivity index (χ4v) is 1.99. The van der Waals surface area contributed by atoms with E-state index in [1.54, 1.807) is 25.1 Å². The molecule has 0 heterocycles. The predicted octanol–water partition coefficient (Wildman–Crippen LogP) is 2.18. The molecule has 2 N–H and O–H groups in total. The minimum absolute atomic E-state index is 0.0765. The zero-order chi connectivity index (χ0) is 13.8. The highest BCUT2D eigenvalue weighted by atomic mass is 16.6. The fourth-order valence-electron chi connectivity index (χ4n) is 1.99. The molecule has 1 fully saturated rings. The average Bonchev–Trinajstić information content (AvgIpc) is 3.20. The van der Waals surface area contributed by atoms with Gasteiger partial charge < -0.3 is 15.2 Å². The monoisotopic (exact) mass is 266 g/mol. The summed E-state index contributed by atoms with van der Waals surface area (Å²) in [6.45, 7) is 2.47. The number of ether oxygens (including phenoxy) is 1. The van der Waals surface area contributed by atoms with Gasteiger partial charge in [0, 0.05) is 6.54 Å². The van der Waals surface area contributed by atoms with Gasteiger partial charge in [-0.2, -0.15) is 0 Å². The first-order chi connectivity index (χ1) is 9.13. The maximum atomic E-state index is 11.1. The lowest BCUT2D eigenvalue weighted by atomic mass is 10.2. The number of nitrogens with zero attached hydrogens (tertiary/aromatic N) is 1. The SMILES string of the molecule is CCOc1cccc(NCC(O)C2CC2)c1[N+](=O)[O-]. The van der Waals surface area contributed by atoms with Crippen LogP contribution in [0.25, 0.3) is 0 Å². The minimum Gasteiger partial charge on any atom is -0.487 e. The molecule has 104 valence electrons. The van der Waals surface area contributed by atoms with Crippen LogP contribution >= 0.6 is 0 Å². The molecule has 0 aliphatic heterocycles. The molecule has 1 aliphatic rings. The van der Waals surface area contributed by atoms with Crippen LogP contribution < -0.4 is 10.1 Å². The van der Waals surface area contributed by atoms with Crippen LogP contribution in [0.3, 0.4) is 0 Å². The Hall–Kier alpha value is -1.82. The summed E-state index contributed by atoms with van der Waals surface area (Å²) in [6.07, 6.45) is 1.61. The van der Waals surface area contributed by atoms with Crippen LogP contribution in [0.1, 0.15) is 19.8 Å². The van der Waals surface area contributed by atoms with Gasteiger partial charge in [0.1, 0.15) is 5.69 Å². The molecule has 0 bridgehead atoms. The van der Waals surface area contributed by atoms with Crippen LogP contribution in [0, 0.1) is 16.0 Å². The van der Waals surface area contributed by atoms with Crippen molar-refractivity contribution < 1.29 is 14.8 Å². The van der Waals surface area contributed by atoms with Crippen LogP contribution in [0.4, 0.5) is 11.4 Å². The first kappa shape index (κ1) is 13.6. The van der Waals surface area contributed by atoms with E-state index in [2.05, 4.69) is 5.32 Å². The van der Waals surface area contributed by atoms with Gasteiger partial charge in [0.15, 0.2) is 5.75 Å². The van der Waals surface area contributed by atoms with Gasteiger partial charge in [0.05, 0.1) is 17.6 Å². The third kappa shape index (κ3) is 3.35. The van der Waals surface area contributed by atoms with E-state index in [0.717, 1.165) is 12.8 Å². The summed E-state index contributed by atoms with van der Waals surface area (Å²) in [7, 11) is 0. The molecule has 1 aromatic carbocycles. The zero-order valence-electron chi connectivity index (χ0n) is 10.8. The van der Waals surface area contributed by atoms with E-state index in [9.17, 15) is 15.2 Å². The van der Waals surface area contributed by atoms with E-state index < -0.39 is 11.0 Å². The summed E-state index contributed by atoms with van der Waals surface area (Å²) < 4.78 is 5.26. The number of para-hydroxylation sites is 1. The maximum Gasteiger partial charge on any atom is 0.333 e. The van der Waals surface area contributed by atoms with Gasteiger partial charge in [-0.25, -0.2) is 0 Å². The topological polar surface area (TPSA) is 84.6 Å². The summed E-state index contributed by atoms with van der Waals surface area (Å²) in [5.74, 6) is 0.583. The van der Waals surface area contributed by atoms with E-state index in [1.807, 2.05) is 0 Å². The lowest BCUT2D eigenvalue weighted by Crippen LogP contribution is -2.21. The van der Waals surface area contributed by atoms with Crippen molar-refractivity contribution in [3.05, 3.63) is 28.3 Å². The van der Waals surface area contributed by atoms with Gasteiger partial charge in [0.25, 0.3) is 0 Å². The summed E-state index contributed by atoms with van der Waals surface area (Å²) >= 11 is 0. The van der Waals surface area contributed by atoms with E-state index in [4.69, 9.17) is 4.74 Å². The van der Waals surface area contributed by atoms with E-state index in [0.29, 0.717) is 24.8 Å². The van der Waals surface area contributed by atoms with Crippen molar-refractivity contribution in [1.82, 2.24) is 0 Å². The second-order valence-electron chi connectivity index (χ2n) is 4.63. The minimum atomic E-state index is -0.461. The van der Waals surface area contributed by atoms with Gasteiger partial charge in [-0.15, -0.1) is 0 Å². The van der Waals surface area contributed by atoms with Gasteiger partial charge in [-0.05, 0) is 37.8 Å². The van der Waals surface area contributed by atoms with Crippen LogP contribution in [-0.4, -0.2) is 29.3 Å². The number of hydrogen-bond acceptors (Lipinski definition) is 5. The highest BCUT2D eigenvalue weighted by Crippen LogP contribution is 2.36. The van der Waals surface area contributed by atoms with Crippen LogP contribution in [0.5, 0.6) is 5.75 Å². The second kappa shape index (κ2) is 5.88. The number of benzene rings is 1. The molecule has 19 heavy (non-hydrogen) atoms. The molecule has 0 radical (unpaired) electrons. The molecular weight excluding hydrogens is 248 g/mol. The number of nitro groups is 1. The molecular formula is C13H18N2O4. The van der Waals surface area contributed by atoms with E-state index >= 15 is 0 Å². The molecule has 6 nitrogen and oxygen atoms in total. The molecule has 2 rings (SSSR count). The standard InChI is InChI=1S/C13H18N2O4/c1-2-19-12-5-3-4-10(13(12)15(17)18)14-8-11(16)9-6-7-9/h3-5,9,11,14,16H,2,6-8H2,1H3. The molecule has 0 spiro atoms. The largest absolute Gasteiger partial charge is 0.487 e. The van der Waals surface area contributed by atoms with Crippen molar-refractivity contribution in [3.8, 4) is 5.75 Å². The normalized spacial score (nSPS) is 15.9. The van der Waals surface area contributed by atoms with Crippen molar-refractivity contribution >= 4 is 11.4 Å². The van der Waals surface area contributed by atoms with Crippen molar-refractivity contribution in [2.45, 2.75) is 25.9 Å². The lowest BCUT2D eigenvalue weighted by molar-refractivity contribution is -0.384. The summed E-state index contributed by atoms with van der Waals surface area (Å²) in [4.78, 5) is 10.7. The van der Waals surface area contributed by atoms with Crippen LogP contribution in [0.2, 0.25) is 0 Å². The smallest absolute Gasteiger partial charge is 0.333 e. The Bertz CT molecular complexity index is 460. The molecule has 0 amide bonds. The second-order valence-corrected chi connectivity index (χ2v) is 4.63. The highest BCUT2D eigenvalue weighted by Gasteiger charge is 2.30. The van der Waals surface area contributed by atoms with Gasteiger partial charge in [0.2, 0.25) is 0 Å². The van der Waals surface area contributed by atoms with Crippen molar-refractivity contribution in [2.24, 2.45) is 5.92 Å². The molecule has 1 saturated carbocycles. The van der Waals surface area contributed by atoms with Crippen LogP contribution in [0.15, 0.2) is 18.2 Å². The Morgan fingerprint density at radius 3 is 2.89 bits per heavy atom. The first-order valence-electron chi connectivity index (χ1n) is 6.45. The van der Waals surface area contributed by atoms with Gasteiger partial charge >= 0.3 is 5.69 Å². The zero-order valence-corrected chi connectivity index (χ0v) is 10.8. The summed E-state index contributed by atoms with van der Waals surface area (Å²) in [5.41, 5.74) is 0.308. The van der Waals surface area contributed by atoms with Crippen molar-refractivity contribution in [3.63, 3.8) is 0 Å². The third-order valence-electron chi connectivity index (χ3n) is 3.15. The Labute approximate surface area is 111 Å². The van der Waals surface area contributed by atoms with E-state index in [1.165, 1.54) is 0 Å². The maximum absolute atomic E-state index is 11.1. The number of aliphatic hydroxyl groups excluding tert-OH is 1. The van der Waals surface area contributed by atoms with Crippen molar-refractivity contribution in [2.75, 3.05) is 18.5 Å². The van der Waals surface area contributed by atoms with Crippen LogP contribution in [-0.2, 0) is 0 Å². The Morgan fingerprint density at radius 1 is 1.58 bits per heavy atom. The fraction of sp³-hybridized carbons (Fsp3) is 0.538. The number of anilines is 1. The Kier molecular flexibility index (Phi) is 4.21. The van der Waals surface area contributed by atoms with Gasteiger partial charge in [-0.1, -0.05) is 6.07 Å². The Balaban J connectivity index is 2.13. The van der Waals surface area contributed by atoms with E-state index in [-0.39, 0.29) is 11.4 Å². The van der Waals surface area contributed by atoms with Crippen molar-refractivity contribution in [1.29, 1.82) is 0 Å². The Morgan fingerprint density at radius 2 is 2.32 bits per heavy atom. The molecule has 0 saturated heterocycles. The number of rotatable bonds is 7. The summed E-state index contributed by atoms with van der Waals surface area (Å²) in [5, 5.41) is 23.9. The molecule has 1 atom stereocenters. The predicted molar refractivity (Wildman–Crippen MR) is 71.5 cm³/mol. The number of nitrogens with one attached hydrogen (secondary N) is 1. The molecule has 0 aromatic heterocycles. The van der Waals surface area contributed by atoms with Gasteiger partial charge in [-0.3, -0.25) is 10.1 Å². The number of nitro benzene ring substituents is 1. The number of hydrogen-bond donors (Lipinski definition) is 2. The quantitative estimate of drug-likeness (QED) is 0.583. The molecule has 1 unspecified atom stereocenters. The molecule has 1 aliphatic carbocycles. The number of aliphatic hydroxyl groups is 1.